The number of carbonyl (C=O) groups excluding carboxylic acids is 1. The van der Waals surface area contributed by atoms with Crippen molar-refractivity contribution in [2.75, 3.05) is 6.61 Å². The molecule has 0 saturated heterocycles. The molecule has 0 spiro atoms. The van der Waals surface area contributed by atoms with Crippen molar-refractivity contribution in [1.82, 2.24) is 0 Å². The minimum Gasteiger partial charge on any atom is -0.494 e. The van der Waals surface area contributed by atoms with Crippen LogP contribution >= 0.6 is 12.0 Å². The average Bonchev–Trinajstić information content (AvgIpc) is 2.61. The zero-order valence-electron chi connectivity index (χ0n) is 13.4. The lowest BCUT2D eigenvalue weighted by Gasteiger charge is -2.07. The predicted molar refractivity (Wildman–Crippen MR) is 93.8 cm³/mol. The molecule has 2 aromatic rings. The summed E-state index contributed by atoms with van der Waals surface area (Å²) in [7, 11) is 0. The van der Waals surface area contributed by atoms with Gasteiger partial charge in [0, 0.05) is 4.90 Å². The van der Waals surface area contributed by atoms with Crippen LogP contribution in [0.3, 0.4) is 0 Å². The number of benzene rings is 2. The van der Waals surface area contributed by atoms with Gasteiger partial charge in [0.25, 0.3) is 0 Å². The maximum absolute atomic E-state index is 12.0. The first-order valence-electron chi connectivity index (χ1n) is 7.96. The first-order valence-corrected chi connectivity index (χ1v) is 8.70. The number of carbonyl (C=O) groups is 1. The minimum absolute atomic E-state index is 0.353. The van der Waals surface area contributed by atoms with Gasteiger partial charge in [-0.3, -0.25) is 0 Å². The van der Waals surface area contributed by atoms with Crippen molar-refractivity contribution in [2.45, 2.75) is 37.5 Å². The van der Waals surface area contributed by atoms with E-state index in [1.165, 1.54) is 19.3 Å². The Labute approximate surface area is 142 Å². The van der Waals surface area contributed by atoms with Crippen molar-refractivity contribution < 1.29 is 13.7 Å². The van der Waals surface area contributed by atoms with E-state index in [0.717, 1.165) is 29.1 Å². The second-order valence-electron chi connectivity index (χ2n) is 5.20. The Bertz CT molecular complexity index is 581. The Balaban J connectivity index is 1.76. The molecular formula is C19H22O3S. The van der Waals surface area contributed by atoms with E-state index >= 15 is 0 Å². The van der Waals surface area contributed by atoms with Gasteiger partial charge in [-0.15, -0.1) is 0 Å². The summed E-state index contributed by atoms with van der Waals surface area (Å²) in [6.07, 6.45) is 4.72. The summed E-state index contributed by atoms with van der Waals surface area (Å²) in [5.74, 6) is 0.433. The quantitative estimate of drug-likeness (QED) is 0.448. The van der Waals surface area contributed by atoms with Crippen molar-refractivity contribution in [3.05, 3.63) is 60.2 Å². The molecule has 0 amide bonds. The number of rotatable bonds is 9. The summed E-state index contributed by atoms with van der Waals surface area (Å²) in [5.41, 5.74) is 0.520. The molecule has 0 fully saturated rings. The lowest BCUT2D eigenvalue weighted by atomic mass is 10.2. The highest BCUT2D eigenvalue weighted by Gasteiger charge is 2.08. The number of hydrogen-bond donors (Lipinski definition) is 0. The van der Waals surface area contributed by atoms with Crippen LogP contribution < -0.4 is 4.74 Å². The fourth-order valence-corrected chi connectivity index (χ4v) is 2.55. The first-order chi connectivity index (χ1) is 11.3. The van der Waals surface area contributed by atoms with Gasteiger partial charge in [-0.1, -0.05) is 44.4 Å². The molecule has 0 N–H and O–H groups in total. The van der Waals surface area contributed by atoms with E-state index in [0.29, 0.717) is 12.2 Å². The second-order valence-corrected chi connectivity index (χ2v) is 6.01. The van der Waals surface area contributed by atoms with Crippen LogP contribution in [0.15, 0.2) is 59.5 Å². The molecule has 2 aromatic carbocycles. The molecule has 0 aliphatic heterocycles. The third-order valence-electron chi connectivity index (χ3n) is 3.31. The minimum atomic E-state index is -0.353. The number of unbranched alkanes of at least 4 members (excludes halogenated alkanes) is 3. The van der Waals surface area contributed by atoms with Gasteiger partial charge in [-0.2, -0.15) is 0 Å². The van der Waals surface area contributed by atoms with Crippen LogP contribution in [0.25, 0.3) is 0 Å². The smallest absolute Gasteiger partial charge is 0.350 e. The van der Waals surface area contributed by atoms with Crippen LogP contribution in [-0.4, -0.2) is 12.6 Å². The molecule has 3 nitrogen and oxygen atoms in total. The van der Waals surface area contributed by atoms with Crippen LogP contribution in [0.2, 0.25) is 0 Å². The molecule has 2 rings (SSSR count). The van der Waals surface area contributed by atoms with E-state index < -0.39 is 0 Å². The third-order valence-corrected chi connectivity index (χ3v) is 4.01. The molecule has 0 saturated carbocycles. The summed E-state index contributed by atoms with van der Waals surface area (Å²) in [6.45, 7) is 2.91. The van der Waals surface area contributed by atoms with Crippen molar-refractivity contribution >= 4 is 18.0 Å². The Hall–Kier alpha value is -1.94. The van der Waals surface area contributed by atoms with Gasteiger partial charge in [-0.25, -0.2) is 4.79 Å². The molecular weight excluding hydrogens is 308 g/mol. The van der Waals surface area contributed by atoms with E-state index in [1.807, 2.05) is 42.5 Å². The number of hydrogen-bond acceptors (Lipinski definition) is 4. The normalized spacial score (nSPS) is 10.3. The summed E-state index contributed by atoms with van der Waals surface area (Å²) in [5, 5.41) is 0. The molecule has 0 aromatic heterocycles. The van der Waals surface area contributed by atoms with Crippen LogP contribution in [0, 0.1) is 0 Å². The zero-order valence-corrected chi connectivity index (χ0v) is 14.2. The Morgan fingerprint density at radius 2 is 1.70 bits per heavy atom. The zero-order chi connectivity index (χ0) is 16.3. The van der Waals surface area contributed by atoms with Crippen LogP contribution in [-0.2, 0) is 4.18 Å². The molecule has 0 unspecified atom stereocenters. The summed E-state index contributed by atoms with van der Waals surface area (Å²) >= 11 is 1.07. The summed E-state index contributed by atoms with van der Waals surface area (Å²) in [6, 6.07) is 16.6. The van der Waals surface area contributed by atoms with E-state index in [4.69, 9.17) is 8.92 Å². The van der Waals surface area contributed by atoms with Gasteiger partial charge >= 0.3 is 5.97 Å². The van der Waals surface area contributed by atoms with Crippen molar-refractivity contribution in [3.63, 3.8) is 0 Å². The van der Waals surface area contributed by atoms with Crippen LogP contribution in [0.1, 0.15) is 43.0 Å². The predicted octanol–water partition coefficient (Wildman–Crippen LogP) is 5.51. The van der Waals surface area contributed by atoms with Gasteiger partial charge in [0.15, 0.2) is 0 Å². The first kappa shape index (κ1) is 17.4. The third kappa shape index (κ3) is 6.37. The highest BCUT2D eigenvalue weighted by molar-refractivity contribution is 7.95. The Morgan fingerprint density at radius 3 is 2.39 bits per heavy atom. The van der Waals surface area contributed by atoms with Crippen LogP contribution in [0.5, 0.6) is 5.75 Å². The van der Waals surface area contributed by atoms with Gasteiger partial charge in [0.2, 0.25) is 0 Å². The standard InChI is InChI=1S/C19H22O3S/c1-2-3-4-8-15-21-17-13-11-16(12-14-17)19(20)22-23-18-9-6-5-7-10-18/h5-7,9-14H,2-4,8,15H2,1H3. The molecule has 4 heteroatoms. The molecule has 23 heavy (non-hydrogen) atoms. The lowest BCUT2D eigenvalue weighted by molar-refractivity contribution is 0.0768. The van der Waals surface area contributed by atoms with Gasteiger partial charge in [0.1, 0.15) is 5.75 Å². The monoisotopic (exact) mass is 330 g/mol. The van der Waals surface area contributed by atoms with Crippen LogP contribution in [0.4, 0.5) is 0 Å². The maximum atomic E-state index is 12.0. The molecule has 0 atom stereocenters. The topological polar surface area (TPSA) is 35.5 Å². The molecule has 0 aliphatic carbocycles. The Kier molecular flexibility index (Phi) is 7.54. The van der Waals surface area contributed by atoms with Gasteiger partial charge < -0.3 is 8.92 Å². The van der Waals surface area contributed by atoms with E-state index in [1.54, 1.807) is 12.1 Å². The fraction of sp³-hybridized carbons (Fsp3) is 0.316. The second kappa shape index (κ2) is 9.95. The molecule has 0 heterocycles. The highest BCUT2D eigenvalue weighted by atomic mass is 32.2. The molecule has 0 aliphatic rings. The molecule has 0 bridgehead atoms. The van der Waals surface area contributed by atoms with Crippen molar-refractivity contribution in [2.24, 2.45) is 0 Å². The summed E-state index contributed by atoms with van der Waals surface area (Å²) < 4.78 is 10.9. The lowest BCUT2D eigenvalue weighted by Crippen LogP contribution is -2.01. The van der Waals surface area contributed by atoms with E-state index in [2.05, 4.69) is 6.92 Å². The van der Waals surface area contributed by atoms with E-state index in [-0.39, 0.29) is 5.97 Å². The van der Waals surface area contributed by atoms with Crippen molar-refractivity contribution in [3.8, 4) is 5.75 Å². The molecule has 122 valence electrons. The van der Waals surface area contributed by atoms with Crippen molar-refractivity contribution in [1.29, 1.82) is 0 Å². The molecule has 0 radical (unpaired) electrons. The fourth-order valence-electron chi connectivity index (χ4n) is 2.02. The largest absolute Gasteiger partial charge is 0.494 e. The number of ether oxygens (including phenoxy) is 1. The summed E-state index contributed by atoms with van der Waals surface area (Å²) in [4.78, 5) is 12.9. The van der Waals surface area contributed by atoms with Gasteiger partial charge in [-0.05, 0) is 42.8 Å². The SMILES string of the molecule is CCCCCCOc1ccc(C(=O)OSc2ccccc2)cc1. The highest BCUT2D eigenvalue weighted by Crippen LogP contribution is 2.21. The average molecular weight is 330 g/mol. The van der Waals surface area contributed by atoms with E-state index in [9.17, 15) is 4.79 Å². The van der Waals surface area contributed by atoms with Gasteiger partial charge in [0.05, 0.1) is 24.2 Å². The Morgan fingerprint density at radius 1 is 0.957 bits per heavy atom. The maximum Gasteiger partial charge on any atom is 0.350 e.